The van der Waals surface area contributed by atoms with Crippen LogP contribution in [0.4, 0.5) is 0 Å². The van der Waals surface area contributed by atoms with E-state index in [1.807, 2.05) is 0 Å². The normalized spacial score (nSPS) is 1.40. The average molecular weight is 77.8 g/mol. The van der Waals surface area contributed by atoms with Gasteiger partial charge >= 0.3 is 0 Å². The predicted molar refractivity (Wildman–Crippen MR) is 20.7 cm³/mol. The summed E-state index contributed by atoms with van der Waals surface area (Å²) < 4.78 is 0. The summed E-state index contributed by atoms with van der Waals surface area (Å²) in [6, 6.07) is 0. The summed E-state index contributed by atoms with van der Waals surface area (Å²) in [5.74, 6) is 1.25. The summed E-state index contributed by atoms with van der Waals surface area (Å²) in [7, 11) is 4.15. The second kappa shape index (κ2) is 24.3. The Morgan fingerprint density at radius 1 is 1.60 bits per heavy atom. The van der Waals surface area contributed by atoms with Gasteiger partial charge in [0, 0.05) is 29.6 Å². The largest absolute Gasteiger partial charge is 0.412 e. The van der Waals surface area contributed by atoms with E-state index in [4.69, 9.17) is 5.26 Å². The van der Waals surface area contributed by atoms with E-state index in [2.05, 4.69) is 7.85 Å². The van der Waals surface area contributed by atoms with Crippen LogP contribution in [0.2, 0.25) is 0 Å². The summed E-state index contributed by atoms with van der Waals surface area (Å²) >= 11 is 0. The second-order valence-corrected chi connectivity index (χ2v) is 0.129. The van der Waals surface area contributed by atoms with E-state index in [-0.39, 0.29) is 35.0 Å². The van der Waals surface area contributed by atoms with Crippen molar-refractivity contribution in [3.05, 3.63) is 0 Å². The Bertz CT molecular complexity index is 33.1. The fraction of sp³-hybridized carbons (Fsp3) is 0. The van der Waals surface area contributed by atoms with Gasteiger partial charge in [0.25, 0.3) is 0 Å². The van der Waals surface area contributed by atoms with Crippen molar-refractivity contribution in [1.29, 1.82) is 5.26 Å². The number of rotatable bonds is 0. The third-order valence-electron chi connectivity index (χ3n) is 0. The molecule has 0 fully saturated rings. The minimum absolute atomic E-state index is 0. The standard InChI is InChI=1S/CBN.Na.H2O/c2-1-3;;/h;;1H2. The van der Waals surface area contributed by atoms with E-state index in [9.17, 15) is 0 Å². The van der Waals surface area contributed by atoms with Crippen molar-refractivity contribution in [1.82, 2.24) is 0 Å². The first kappa shape index (κ1) is 17.8. The summed E-state index contributed by atoms with van der Waals surface area (Å²) in [6.07, 6.45) is 0. The summed E-state index contributed by atoms with van der Waals surface area (Å²) in [5.41, 5.74) is 0. The van der Waals surface area contributed by atoms with Gasteiger partial charge in [0.2, 0.25) is 7.85 Å². The quantitative estimate of drug-likeness (QED) is 0.323. The van der Waals surface area contributed by atoms with Gasteiger partial charge in [-0.1, -0.05) is 0 Å². The van der Waals surface area contributed by atoms with Crippen LogP contribution in [0.25, 0.3) is 0 Å². The van der Waals surface area contributed by atoms with Gasteiger partial charge in [0.1, 0.15) is 0 Å². The average Bonchev–Trinajstić information content (AvgIpc) is 0.918. The van der Waals surface area contributed by atoms with Crippen LogP contribution in [0.1, 0.15) is 0 Å². The Labute approximate surface area is 54.2 Å². The van der Waals surface area contributed by atoms with Crippen LogP contribution in [-0.2, 0) is 0 Å². The van der Waals surface area contributed by atoms with Crippen LogP contribution in [-0.4, -0.2) is 42.9 Å². The van der Waals surface area contributed by atoms with Crippen LogP contribution in [0.5, 0.6) is 0 Å². The molecule has 3 radical (unpaired) electrons. The molecular weight excluding hydrogens is 75.8 g/mol. The fourth-order valence-electron chi connectivity index (χ4n) is 0. The molecule has 0 bridgehead atoms. The van der Waals surface area contributed by atoms with Crippen LogP contribution >= 0.6 is 0 Å². The molecule has 0 spiro atoms. The summed E-state index contributed by atoms with van der Waals surface area (Å²) in [4.78, 5) is 0. The molecule has 5 heavy (non-hydrogen) atoms. The minimum atomic E-state index is 0. The maximum absolute atomic E-state index is 7.10. The van der Waals surface area contributed by atoms with E-state index >= 15 is 0 Å². The molecule has 0 aliphatic heterocycles. The molecule has 0 aromatic rings. The van der Waals surface area contributed by atoms with Crippen LogP contribution < -0.4 is 0 Å². The van der Waals surface area contributed by atoms with Crippen LogP contribution in [0.15, 0.2) is 0 Å². The van der Waals surface area contributed by atoms with Gasteiger partial charge in [-0.2, -0.15) is 0 Å². The maximum atomic E-state index is 7.10. The molecule has 21 valence electrons. The molecular formula is CH2BNNaO. The van der Waals surface area contributed by atoms with Crippen molar-refractivity contribution in [2.24, 2.45) is 0 Å². The predicted octanol–water partition coefficient (Wildman–Crippen LogP) is -1.57. The summed E-state index contributed by atoms with van der Waals surface area (Å²) in [5, 5.41) is 7.10. The SMILES string of the molecule is O.[B]C#N.[Na]. The van der Waals surface area contributed by atoms with E-state index in [0.717, 1.165) is 0 Å². The molecule has 4 heteroatoms. The van der Waals surface area contributed by atoms with Crippen molar-refractivity contribution in [2.45, 2.75) is 0 Å². The van der Waals surface area contributed by atoms with Crippen molar-refractivity contribution in [2.75, 3.05) is 0 Å². The number of hydrogen-bond acceptors (Lipinski definition) is 1. The Kier molecular flexibility index (Phi) is 86.4. The smallest absolute Gasteiger partial charge is 0.229 e. The molecule has 0 unspecified atom stereocenters. The first-order valence-electron chi connectivity index (χ1n) is 0.512. The molecule has 0 atom stereocenters. The Balaban J connectivity index is -0.0000000200. The number of nitriles is 1. The van der Waals surface area contributed by atoms with Gasteiger partial charge in [0.15, 0.2) is 0 Å². The minimum Gasteiger partial charge on any atom is -0.412 e. The first-order valence-corrected chi connectivity index (χ1v) is 0.512. The summed E-state index contributed by atoms with van der Waals surface area (Å²) in [6.45, 7) is 0. The molecule has 0 amide bonds. The zero-order valence-corrected chi connectivity index (χ0v) is 5.02. The van der Waals surface area contributed by atoms with E-state index in [0.29, 0.717) is 0 Å². The molecule has 0 saturated heterocycles. The first-order chi connectivity index (χ1) is 1.41. The van der Waals surface area contributed by atoms with E-state index < -0.39 is 0 Å². The van der Waals surface area contributed by atoms with Crippen molar-refractivity contribution >= 4 is 37.4 Å². The number of hydrogen-bond donors (Lipinski definition) is 0. The van der Waals surface area contributed by atoms with Crippen molar-refractivity contribution < 1.29 is 5.48 Å². The van der Waals surface area contributed by atoms with E-state index in [1.165, 1.54) is 5.97 Å². The molecule has 0 rings (SSSR count). The van der Waals surface area contributed by atoms with E-state index in [1.54, 1.807) is 0 Å². The fourth-order valence-corrected chi connectivity index (χ4v) is 0. The van der Waals surface area contributed by atoms with Crippen molar-refractivity contribution in [3.63, 3.8) is 0 Å². The monoisotopic (exact) mass is 78.0 g/mol. The molecule has 2 nitrogen and oxygen atoms in total. The van der Waals surface area contributed by atoms with Crippen molar-refractivity contribution in [3.8, 4) is 5.97 Å². The Morgan fingerprint density at radius 3 is 1.60 bits per heavy atom. The second-order valence-electron chi connectivity index (χ2n) is 0.129. The third-order valence-corrected chi connectivity index (χ3v) is 0. The van der Waals surface area contributed by atoms with Gasteiger partial charge in [-0.05, 0) is 5.97 Å². The van der Waals surface area contributed by atoms with Gasteiger partial charge in [0.05, 0.1) is 0 Å². The van der Waals surface area contributed by atoms with Crippen LogP contribution in [0.3, 0.4) is 0 Å². The molecule has 0 aromatic carbocycles. The van der Waals surface area contributed by atoms with Gasteiger partial charge in [-0.15, -0.1) is 0 Å². The third kappa shape index (κ3) is 108. The van der Waals surface area contributed by atoms with Crippen LogP contribution in [0, 0.1) is 11.2 Å². The molecule has 0 aliphatic rings. The van der Waals surface area contributed by atoms with Gasteiger partial charge in [-0.3, -0.25) is 0 Å². The Morgan fingerprint density at radius 2 is 1.60 bits per heavy atom. The molecule has 0 aromatic heterocycles. The molecule has 2 N–H and O–H groups in total. The zero-order chi connectivity index (χ0) is 2.71. The Hall–Kier alpha value is 0.515. The van der Waals surface area contributed by atoms with Gasteiger partial charge < -0.3 is 5.48 Å². The zero-order valence-electron chi connectivity index (χ0n) is 3.02. The number of nitrogens with zero attached hydrogens (tertiary/aromatic N) is 1. The van der Waals surface area contributed by atoms with Gasteiger partial charge in [-0.25, -0.2) is 5.26 Å². The molecule has 0 aliphatic carbocycles. The topological polar surface area (TPSA) is 55.3 Å². The maximum Gasteiger partial charge on any atom is 0.229 e. The molecule has 0 saturated carbocycles. The molecule has 0 heterocycles.